The van der Waals surface area contributed by atoms with Crippen LogP contribution in [0, 0.1) is 6.92 Å². The second-order valence-corrected chi connectivity index (χ2v) is 5.23. The van der Waals surface area contributed by atoms with Gasteiger partial charge >= 0.3 is 0 Å². The molecule has 2 aromatic rings. The Kier molecular flexibility index (Phi) is 3.16. The summed E-state index contributed by atoms with van der Waals surface area (Å²) in [6, 6.07) is 10.2. The number of benzene rings is 1. The molecule has 1 aliphatic carbocycles. The molecular formula is C17H17NO. The molecule has 0 saturated heterocycles. The van der Waals surface area contributed by atoms with E-state index in [2.05, 4.69) is 23.2 Å². The van der Waals surface area contributed by atoms with E-state index in [9.17, 15) is 4.79 Å². The number of fused-ring (bicyclic) bond motifs is 1. The van der Waals surface area contributed by atoms with Crippen molar-refractivity contribution in [3.63, 3.8) is 0 Å². The fraction of sp³-hybridized carbons (Fsp3) is 0.294. The first kappa shape index (κ1) is 12.1. The highest BCUT2D eigenvalue weighted by Crippen LogP contribution is 2.23. The zero-order valence-corrected chi connectivity index (χ0v) is 11.1. The van der Waals surface area contributed by atoms with Crippen LogP contribution in [0.3, 0.4) is 0 Å². The third kappa shape index (κ3) is 2.43. The molecule has 2 heteroatoms. The van der Waals surface area contributed by atoms with Crippen molar-refractivity contribution in [3.8, 4) is 0 Å². The number of carbonyl (C=O) groups is 1. The van der Waals surface area contributed by atoms with Gasteiger partial charge < -0.3 is 0 Å². The largest absolute Gasteiger partial charge is 0.292 e. The minimum absolute atomic E-state index is 0.107. The lowest BCUT2D eigenvalue weighted by atomic mass is 10.0. The molecule has 0 aliphatic heterocycles. The Morgan fingerprint density at radius 1 is 1.21 bits per heavy atom. The van der Waals surface area contributed by atoms with Gasteiger partial charge in [0.15, 0.2) is 5.78 Å². The number of pyridine rings is 1. The third-order valence-corrected chi connectivity index (χ3v) is 3.80. The summed E-state index contributed by atoms with van der Waals surface area (Å²) in [5.41, 5.74) is 5.53. The van der Waals surface area contributed by atoms with Gasteiger partial charge in [-0.2, -0.15) is 0 Å². The van der Waals surface area contributed by atoms with Gasteiger partial charge in [-0.3, -0.25) is 9.78 Å². The summed E-state index contributed by atoms with van der Waals surface area (Å²) in [4.78, 5) is 16.5. The highest BCUT2D eigenvalue weighted by atomic mass is 16.1. The number of hydrogen-bond acceptors (Lipinski definition) is 2. The zero-order valence-electron chi connectivity index (χ0n) is 11.1. The zero-order chi connectivity index (χ0) is 13.2. The standard InChI is InChI=1S/C17H17NO/c1-12-4-3-9-18-17(12)16(19)11-13-7-8-14-5-2-6-15(14)10-13/h3-4,7-10H,2,5-6,11H2,1H3. The summed E-state index contributed by atoms with van der Waals surface area (Å²) in [6.45, 7) is 1.93. The van der Waals surface area contributed by atoms with E-state index >= 15 is 0 Å². The quantitative estimate of drug-likeness (QED) is 0.783. The van der Waals surface area contributed by atoms with Gasteiger partial charge in [-0.05, 0) is 54.5 Å². The molecule has 3 rings (SSSR count). The van der Waals surface area contributed by atoms with Crippen molar-refractivity contribution >= 4 is 5.78 Å². The number of carbonyl (C=O) groups excluding carboxylic acids is 1. The molecule has 0 saturated carbocycles. The summed E-state index contributed by atoms with van der Waals surface area (Å²) in [5.74, 6) is 0.107. The predicted octanol–water partition coefficient (Wildman–Crippen LogP) is 3.30. The average Bonchev–Trinajstić information content (AvgIpc) is 2.86. The van der Waals surface area contributed by atoms with Crippen LogP contribution in [0.25, 0.3) is 0 Å². The molecule has 0 amide bonds. The van der Waals surface area contributed by atoms with Crippen molar-refractivity contribution in [1.29, 1.82) is 0 Å². The van der Waals surface area contributed by atoms with Gasteiger partial charge in [0, 0.05) is 12.6 Å². The molecule has 0 unspecified atom stereocenters. The van der Waals surface area contributed by atoms with Crippen LogP contribution in [0.15, 0.2) is 36.5 Å². The minimum Gasteiger partial charge on any atom is -0.292 e. The normalized spacial score (nSPS) is 13.3. The number of ketones is 1. The first-order chi connectivity index (χ1) is 9.24. The van der Waals surface area contributed by atoms with Crippen molar-refractivity contribution in [3.05, 3.63) is 64.5 Å². The van der Waals surface area contributed by atoms with Crippen LogP contribution in [0.4, 0.5) is 0 Å². The SMILES string of the molecule is Cc1cccnc1C(=O)Cc1ccc2c(c1)CCC2. The molecule has 96 valence electrons. The molecule has 0 bridgehead atoms. The molecule has 2 nitrogen and oxygen atoms in total. The Morgan fingerprint density at radius 2 is 2.05 bits per heavy atom. The van der Waals surface area contributed by atoms with Crippen LogP contribution < -0.4 is 0 Å². The summed E-state index contributed by atoms with van der Waals surface area (Å²) in [6.07, 6.45) is 5.71. The Labute approximate surface area is 113 Å². The van der Waals surface area contributed by atoms with Crippen LogP contribution in [-0.2, 0) is 19.3 Å². The Bertz CT molecular complexity index is 631. The summed E-state index contributed by atoms with van der Waals surface area (Å²) >= 11 is 0. The van der Waals surface area contributed by atoms with E-state index in [1.807, 2.05) is 19.1 Å². The fourth-order valence-corrected chi connectivity index (χ4v) is 2.78. The van der Waals surface area contributed by atoms with Crippen LogP contribution in [0.1, 0.15) is 39.2 Å². The van der Waals surface area contributed by atoms with Gasteiger partial charge in [-0.25, -0.2) is 0 Å². The van der Waals surface area contributed by atoms with Gasteiger partial charge in [0.25, 0.3) is 0 Å². The predicted molar refractivity (Wildman–Crippen MR) is 75.5 cm³/mol. The van der Waals surface area contributed by atoms with Crippen LogP contribution in [0.5, 0.6) is 0 Å². The number of rotatable bonds is 3. The second kappa shape index (κ2) is 4.96. The molecule has 0 fully saturated rings. The van der Waals surface area contributed by atoms with Gasteiger partial charge in [-0.1, -0.05) is 24.3 Å². The summed E-state index contributed by atoms with van der Waals surface area (Å²) in [5, 5.41) is 0. The Hall–Kier alpha value is -1.96. The van der Waals surface area contributed by atoms with Crippen molar-refractivity contribution < 1.29 is 4.79 Å². The Morgan fingerprint density at radius 3 is 2.89 bits per heavy atom. The van der Waals surface area contributed by atoms with E-state index in [4.69, 9.17) is 0 Å². The lowest BCUT2D eigenvalue weighted by Crippen LogP contribution is -2.08. The summed E-state index contributed by atoms with van der Waals surface area (Å²) in [7, 11) is 0. The van der Waals surface area contributed by atoms with Crippen molar-refractivity contribution in [2.75, 3.05) is 0 Å². The van der Waals surface area contributed by atoms with E-state index in [0.29, 0.717) is 12.1 Å². The molecule has 1 aromatic carbocycles. The molecule has 1 aliphatic rings. The average molecular weight is 251 g/mol. The lowest BCUT2D eigenvalue weighted by molar-refractivity contribution is 0.0987. The van der Waals surface area contributed by atoms with Gasteiger partial charge in [-0.15, -0.1) is 0 Å². The van der Waals surface area contributed by atoms with Gasteiger partial charge in [0.1, 0.15) is 5.69 Å². The van der Waals surface area contributed by atoms with Gasteiger partial charge in [0.2, 0.25) is 0 Å². The molecule has 0 N–H and O–H groups in total. The highest BCUT2D eigenvalue weighted by Gasteiger charge is 2.14. The maximum absolute atomic E-state index is 12.3. The summed E-state index contributed by atoms with van der Waals surface area (Å²) < 4.78 is 0. The fourth-order valence-electron chi connectivity index (χ4n) is 2.78. The lowest BCUT2D eigenvalue weighted by Gasteiger charge is -2.06. The number of nitrogens with zero attached hydrogens (tertiary/aromatic N) is 1. The van der Waals surface area contributed by atoms with Crippen LogP contribution in [0.2, 0.25) is 0 Å². The smallest absolute Gasteiger partial charge is 0.185 e. The maximum Gasteiger partial charge on any atom is 0.185 e. The molecule has 0 radical (unpaired) electrons. The molecule has 0 atom stereocenters. The first-order valence-electron chi connectivity index (χ1n) is 6.79. The van der Waals surface area contributed by atoms with E-state index in [-0.39, 0.29) is 5.78 Å². The molecule has 19 heavy (non-hydrogen) atoms. The Balaban J connectivity index is 1.82. The second-order valence-electron chi connectivity index (χ2n) is 5.23. The topological polar surface area (TPSA) is 30.0 Å². The van der Waals surface area contributed by atoms with E-state index in [0.717, 1.165) is 17.5 Å². The molecule has 0 spiro atoms. The monoisotopic (exact) mass is 251 g/mol. The molecule has 1 aromatic heterocycles. The van der Waals surface area contributed by atoms with E-state index in [1.165, 1.54) is 24.0 Å². The number of hydrogen-bond donors (Lipinski definition) is 0. The van der Waals surface area contributed by atoms with Crippen molar-refractivity contribution in [2.45, 2.75) is 32.6 Å². The van der Waals surface area contributed by atoms with Crippen molar-refractivity contribution in [1.82, 2.24) is 4.98 Å². The number of aryl methyl sites for hydroxylation is 3. The van der Waals surface area contributed by atoms with E-state index in [1.54, 1.807) is 6.20 Å². The number of aromatic nitrogens is 1. The maximum atomic E-state index is 12.3. The first-order valence-corrected chi connectivity index (χ1v) is 6.79. The molecule has 1 heterocycles. The van der Waals surface area contributed by atoms with Crippen LogP contribution in [-0.4, -0.2) is 10.8 Å². The van der Waals surface area contributed by atoms with Gasteiger partial charge in [0.05, 0.1) is 0 Å². The van der Waals surface area contributed by atoms with E-state index < -0.39 is 0 Å². The molecular weight excluding hydrogens is 234 g/mol. The minimum atomic E-state index is 0.107. The number of Topliss-reactive ketones (excluding diaryl/α,β-unsaturated/α-hetero) is 1. The van der Waals surface area contributed by atoms with Crippen molar-refractivity contribution in [2.24, 2.45) is 0 Å². The highest BCUT2D eigenvalue weighted by molar-refractivity contribution is 5.96. The third-order valence-electron chi connectivity index (χ3n) is 3.80. The van der Waals surface area contributed by atoms with Crippen LogP contribution >= 0.6 is 0 Å².